The lowest BCUT2D eigenvalue weighted by molar-refractivity contribution is -0.119. The monoisotopic (exact) mass is 437 g/mol. The number of nitrogens with zero attached hydrogens (tertiary/aromatic N) is 1. The largest absolute Gasteiger partial charge is 0.482 e. The number of carbonyl (C=O) groups is 2. The molecule has 29 heavy (non-hydrogen) atoms. The highest BCUT2D eigenvalue weighted by molar-refractivity contribution is 6.35. The third-order valence-electron chi connectivity index (χ3n) is 4.18. The molecule has 0 radical (unpaired) electrons. The number of halogens is 2. The molecule has 0 spiro atoms. The second kappa shape index (κ2) is 10.5. The minimum Gasteiger partial charge on any atom is -0.482 e. The highest BCUT2D eigenvalue weighted by atomic mass is 35.5. The molecule has 2 amide bonds. The van der Waals surface area contributed by atoms with Gasteiger partial charge in [-0.15, -0.1) is 0 Å². The van der Waals surface area contributed by atoms with Gasteiger partial charge in [-0.25, -0.2) is 0 Å². The Kier molecular flexibility index (Phi) is 7.71. The first-order chi connectivity index (χ1) is 14.0. The van der Waals surface area contributed by atoms with E-state index >= 15 is 0 Å². The summed E-state index contributed by atoms with van der Waals surface area (Å²) >= 11 is 11.8. The molecule has 0 aromatic heterocycles. The van der Waals surface area contributed by atoms with Crippen molar-refractivity contribution in [1.29, 1.82) is 0 Å². The zero-order chi connectivity index (χ0) is 20.6. The Hall–Kier alpha value is -2.32. The van der Waals surface area contributed by atoms with E-state index in [1.807, 2.05) is 4.90 Å². The maximum atomic E-state index is 12.1. The second-order valence-corrected chi connectivity index (χ2v) is 7.27. The molecule has 154 valence electrons. The molecule has 1 fully saturated rings. The van der Waals surface area contributed by atoms with Crippen LogP contribution in [0.5, 0.6) is 5.75 Å². The summed E-state index contributed by atoms with van der Waals surface area (Å²) in [6.45, 7) is 2.93. The molecular formula is C20H21Cl2N3O4. The van der Waals surface area contributed by atoms with Gasteiger partial charge in [0.1, 0.15) is 5.75 Å². The summed E-state index contributed by atoms with van der Waals surface area (Å²) in [7, 11) is 0. The van der Waals surface area contributed by atoms with Gasteiger partial charge in [0.2, 0.25) is 5.91 Å². The molecule has 0 bridgehead atoms. The van der Waals surface area contributed by atoms with Gasteiger partial charge in [-0.05, 0) is 42.5 Å². The quantitative estimate of drug-likeness (QED) is 0.694. The van der Waals surface area contributed by atoms with Gasteiger partial charge < -0.3 is 20.1 Å². The van der Waals surface area contributed by atoms with E-state index in [2.05, 4.69) is 10.6 Å². The van der Waals surface area contributed by atoms with E-state index in [-0.39, 0.29) is 18.4 Å². The summed E-state index contributed by atoms with van der Waals surface area (Å²) in [4.78, 5) is 26.2. The lowest BCUT2D eigenvalue weighted by atomic mass is 10.2. The standard InChI is InChI=1S/C20H21Cl2N3O4/c21-14-1-6-18(17(22)11-14)29-13-20(27)24-16-4-2-15(3-5-16)23-19(26)12-25-7-9-28-10-8-25/h1-6,11H,7-10,12-13H2,(H,23,26)(H,24,27). The van der Waals surface area contributed by atoms with E-state index in [0.717, 1.165) is 13.1 Å². The van der Waals surface area contributed by atoms with Gasteiger partial charge in [-0.3, -0.25) is 14.5 Å². The molecule has 2 aromatic carbocycles. The minimum atomic E-state index is -0.333. The summed E-state index contributed by atoms with van der Waals surface area (Å²) in [6.07, 6.45) is 0. The minimum absolute atomic E-state index is 0.0862. The summed E-state index contributed by atoms with van der Waals surface area (Å²) in [6, 6.07) is 11.6. The Balaban J connectivity index is 1.44. The molecule has 1 saturated heterocycles. The Labute approximate surface area is 178 Å². The van der Waals surface area contributed by atoms with Gasteiger partial charge in [-0.2, -0.15) is 0 Å². The van der Waals surface area contributed by atoms with Gasteiger partial charge in [0.05, 0.1) is 24.8 Å². The van der Waals surface area contributed by atoms with Gasteiger partial charge >= 0.3 is 0 Å². The normalized spacial score (nSPS) is 14.3. The first-order valence-electron chi connectivity index (χ1n) is 9.07. The molecule has 7 nitrogen and oxygen atoms in total. The lowest BCUT2D eigenvalue weighted by Gasteiger charge is -2.25. The molecule has 0 atom stereocenters. The van der Waals surface area contributed by atoms with Crippen molar-refractivity contribution in [2.45, 2.75) is 0 Å². The van der Waals surface area contributed by atoms with Crippen LogP contribution < -0.4 is 15.4 Å². The summed E-state index contributed by atoms with van der Waals surface area (Å²) in [5, 5.41) is 6.39. The third-order valence-corrected chi connectivity index (χ3v) is 4.71. The van der Waals surface area contributed by atoms with Crippen LogP contribution in [0.1, 0.15) is 0 Å². The average Bonchev–Trinajstić information content (AvgIpc) is 2.69. The van der Waals surface area contributed by atoms with Crippen LogP contribution in [0, 0.1) is 0 Å². The number of nitrogens with one attached hydrogen (secondary N) is 2. The fourth-order valence-electron chi connectivity index (χ4n) is 2.73. The van der Waals surface area contributed by atoms with Gasteiger partial charge in [-0.1, -0.05) is 23.2 Å². The van der Waals surface area contributed by atoms with Crippen molar-refractivity contribution in [3.05, 3.63) is 52.5 Å². The zero-order valence-electron chi connectivity index (χ0n) is 15.6. The maximum Gasteiger partial charge on any atom is 0.262 e. The van der Waals surface area contributed by atoms with Crippen LogP contribution in [-0.2, 0) is 14.3 Å². The molecule has 9 heteroatoms. The van der Waals surface area contributed by atoms with Crippen molar-refractivity contribution < 1.29 is 19.1 Å². The van der Waals surface area contributed by atoms with Crippen molar-refractivity contribution in [3.8, 4) is 5.75 Å². The summed E-state index contributed by atoms with van der Waals surface area (Å²) in [5.74, 6) is -0.0402. The van der Waals surface area contributed by atoms with Crippen LogP contribution in [0.25, 0.3) is 0 Å². The van der Waals surface area contributed by atoms with Crippen molar-refractivity contribution in [3.63, 3.8) is 0 Å². The van der Waals surface area contributed by atoms with E-state index < -0.39 is 0 Å². The van der Waals surface area contributed by atoms with Crippen LogP contribution >= 0.6 is 23.2 Å². The van der Waals surface area contributed by atoms with Crippen molar-refractivity contribution in [2.24, 2.45) is 0 Å². The summed E-state index contributed by atoms with van der Waals surface area (Å²) in [5.41, 5.74) is 1.25. The Bertz CT molecular complexity index is 855. The molecule has 1 aliphatic rings. The number of benzene rings is 2. The summed E-state index contributed by atoms with van der Waals surface area (Å²) < 4.78 is 10.7. The van der Waals surface area contributed by atoms with Crippen LogP contribution in [0.4, 0.5) is 11.4 Å². The average molecular weight is 438 g/mol. The maximum absolute atomic E-state index is 12.1. The molecule has 1 aliphatic heterocycles. The lowest BCUT2D eigenvalue weighted by Crippen LogP contribution is -2.41. The first-order valence-corrected chi connectivity index (χ1v) is 9.83. The Morgan fingerprint density at radius 3 is 2.21 bits per heavy atom. The highest BCUT2D eigenvalue weighted by Crippen LogP contribution is 2.27. The fourth-order valence-corrected chi connectivity index (χ4v) is 3.20. The van der Waals surface area contributed by atoms with Crippen LogP contribution in [0.15, 0.2) is 42.5 Å². The topological polar surface area (TPSA) is 79.9 Å². The Morgan fingerprint density at radius 2 is 1.59 bits per heavy atom. The number of hydrogen-bond acceptors (Lipinski definition) is 5. The second-order valence-electron chi connectivity index (χ2n) is 6.43. The number of ether oxygens (including phenoxy) is 2. The van der Waals surface area contributed by atoms with Crippen LogP contribution in [0.3, 0.4) is 0 Å². The van der Waals surface area contributed by atoms with E-state index in [1.165, 1.54) is 0 Å². The Morgan fingerprint density at radius 1 is 0.966 bits per heavy atom. The van der Waals surface area contributed by atoms with Gasteiger partial charge in [0.25, 0.3) is 5.91 Å². The molecule has 0 saturated carbocycles. The van der Waals surface area contributed by atoms with Crippen LogP contribution in [-0.4, -0.2) is 56.2 Å². The molecular weight excluding hydrogens is 417 g/mol. The van der Waals surface area contributed by atoms with E-state index in [4.69, 9.17) is 32.7 Å². The molecule has 0 unspecified atom stereocenters. The SMILES string of the molecule is O=C(COc1ccc(Cl)cc1Cl)Nc1ccc(NC(=O)CN2CCOCC2)cc1. The number of rotatable bonds is 7. The fraction of sp³-hybridized carbons (Fsp3) is 0.300. The highest BCUT2D eigenvalue weighted by Gasteiger charge is 2.14. The van der Waals surface area contributed by atoms with E-state index in [0.29, 0.717) is 46.9 Å². The van der Waals surface area contributed by atoms with Crippen LogP contribution in [0.2, 0.25) is 10.0 Å². The molecule has 3 rings (SSSR count). The number of carbonyl (C=O) groups excluding carboxylic acids is 2. The number of morpholine rings is 1. The number of hydrogen-bond donors (Lipinski definition) is 2. The zero-order valence-corrected chi connectivity index (χ0v) is 17.1. The number of amides is 2. The molecule has 1 heterocycles. The first kappa shape index (κ1) is 21.4. The van der Waals surface area contributed by atoms with Crippen molar-refractivity contribution in [1.82, 2.24) is 4.90 Å². The molecule has 2 N–H and O–H groups in total. The van der Waals surface area contributed by atoms with Gasteiger partial charge in [0.15, 0.2) is 6.61 Å². The van der Waals surface area contributed by atoms with E-state index in [9.17, 15) is 9.59 Å². The predicted octanol–water partition coefficient (Wildman–Crippen LogP) is 3.28. The number of anilines is 2. The van der Waals surface area contributed by atoms with Crippen molar-refractivity contribution >= 4 is 46.4 Å². The third kappa shape index (κ3) is 6.90. The van der Waals surface area contributed by atoms with E-state index in [1.54, 1.807) is 42.5 Å². The van der Waals surface area contributed by atoms with Crippen molar-refractivity contribution in [2.75, 3.05) is 50.1 Å². The predicted molar refractivity (Wildman–Crippen MR) is 113 cm³/mol. The van der Waals surface area contributed by atoms with Gasteiger partial charge in [0, 0.05) is 29.5 Å². The molecule has 0 aliphatic carbocycles. The molecule has 2 aromatic rings. The smallest absolute Gasteiger partial charge is 0.262 e.